The van der Waals surface area contributed by atoms with Crippen LogP contribution in [0.5, 0.6) is 5.75 Å². The number of hydrogen-bond donors (Lipinski definition) is 1. The number of aromatic nitrogens is 1. The number of nitrogens with zero attached hydrogens (tertiary/aromatic N) is 1. The molecule has 2 aromatic rings. The molecule has 1 heterocycles. The molecule has 1 saturated carbocycles. The van der Waals surface area contributed by atoms with Crippen molar-refractivity contribution in [1.82, 2.24) is 10.3 Å². The van der Waals surface area contributed by atoms with E-state index in [4.69, 9.17) is 4.74 Å². The Hall–Kier alpha value is -1.88. The number of thiazole rings is 1. The standard InChI is InChI=1S/C15H16N2O2S/c1-19-13-6-4-10(5-7-13)14(18)16-8-12-9-20-15(17-12)11-2-3-11/h4-7,9,11H,2-3,8H2,1H3,(H,16,18). The number of rotatable bonds is 5. The Kier molecular flexibility index (Phi) is 3.69. The summed E-state index contributed by atoms with van der Waals surface area (Å²) in [4.78, 5) is 16.5. The Morgan fingerprint density at radius 1 is 1.40 bits per heavy atom. The maximum absolute atomic E-state index is 12.0. The van der Waals surface area contributed by atoms with Crippen molar-refractivity contribution in [2.24, 2.45) is 0 Å². The second kappa shape index (κ2) is 5.63. The lowest BCUT2D eigenvalue weighted by atomic mass is 10.2. The molecule has 1 aromatic heterocycles. The Balaban J connectivity index is 1.57. The molecule has 0 atom stereocenters. The third-order valence-corrected chi connectivity index (χ3v) is 4.33. The smallest absolute Gasteiger partial charge is 0.251 e. The summed E-state index contributed by atoms with van der Waals surface area (Å²) in [6.07, 6.45) is 2.51. The number of hydrogen-bond acceptors (Lipinski definition) is 4. The normalized spacial score (nSPS) is 14.1. The molecule has 5 heteroatoms. The molecule has 1 amide bonds. The minimum atomic E-state index is -0.0892. The molecule has 3 rings (SSSR count). The van der Waals surface area contributed by atoms with Crippen LogP contribution in [0.2, 0.25) is 0 Å². The summed E-state index contributed by atoms with van der Waals surface area (Å²) < 4.78 is 5.07. The number of carbonyl (C=O) groups is 1. The van der Waals surface area contributed by atoms with Crippen molar-refractivity contribution >= 4 is 17.2 Å². The van der Waals surface area contributed by atoms with E-state index in [-0.39, 0.29) is 5.91 Å². The summed E-state index contributed by atoms with van der Waals surface area (Å²) in [5.41, 5.74) is 1.57. The molecule has 1 fully saturated rings. The zero-order valence-electron chi connectivity index (χ0n) is 11.3. The molecule has 0 unspecified atom stereocenters. The van der Waals surface area contributed by atoms with Gasteiger partial charge in [0.2, 0.25) is 0 Å². The van der Waals surface area contributed by atoms with Crippen LogP contribution in [-0.2, 0) is 6.54 Å². The van der Waals surface area contributed by atoms with Gasteiger partial charge in [-0.05, 0) is 37.1 Å². The van der Waals surface area contributed by atoms with Gasteiger partial charge in [0, 0.05) is 16.9 Å². The van der Waals surface area contributed by atoms with E-state index >= 15 is 0 Å². The van der Waals surface area contributed by atoms with Gasteiger partial charge in [-0.15, -0.1) is 11.3 Å². The molecule has 0 bridgehead atoms. The molecule has 0 spiro atoms. The predicted octanol–water partition coefficient (Wildman–Crippen LogP) is 2.96. The Morgan fingerprint density at radius 3 is 2.80 bits per heavy atom. The first-order chi connectivity index (χ1) is 9.76. The molecule has 1 aliphatic carbocycles. The quantitative estimate of drug-likeness (QED) is 0.920. The van der Waals surface area contributed by atoms with Crippen molar-refractivity contribution in [3.63, 3.8) is 0 Å². The van der Waals surface area contributed by atoms with Crippen LogP contribution in [0, 0.1) is 0 Å². The predicted molar refractivity (Wildman–Crippen MR) is 78.3 cm³/mol. The maximum atomic E-state index is 12.0. The van der Waals surface area contributed by atoms with Crippen molar-refractivity contribution in [2.45, 2.75) is 25.3 Å². The summed E-state index contributed by atoms with van der Waals surface area (Å²) in [7, 11) is 1.61. The monoisotopic (exact) mass is 288 g/mol. The lowest BCUT2D eigenvalue weighted by Gasteiger charge is -2.04. The van der Waals surface area contributed by atoms with Gasteiger partial charge in [0.05, 0.1) is 24.4 Å². The Labute approximate surface area is 121 Å². The van der Waals surface area contributed by atoms with Crippen molar-refractivity contribution in [3.8, 4) is 5.75 Å². The lowest BCUT2D eigenvalue weighted by Crippen LogP contribution is -2.22. The van der Waals surface area contributed by atoms with E-state index in [2.05, 4.69) is 10.3 Å². The first-order valence-electron chi connectivity index (χ1n) is 6.63. The van der Waals surface area contributed by atoms with E-state index in [1.54, 1.807) is 42.7 Å². The average Bonchev–Trinajstić information content (AvgIpc) is 3.24. The molecule has 20 heavy (non-hydrogen) atoms. The van der Waals surface area contributed by atoms with Gasteiger partial charge < -0.3 is 10.1 Å². The number of carbonyl (C=O) groups excluding carboxylic acids is 1. The zero-order chi connectivity index (χ0) is 13.9. The van der Waals surface area contributed by atoms with Crippen molar-refractivity contribution in [1.29, 1.82) is 0 Å². The first-order valence-corrected chi connectivity index (χ1v) is 7.51. The number of amides is 1. The second-order valence-corrected chi connectivity index (χ2v) is 5.75. The summed E-state index contributed by atoms with van der Waals surface area (Å²) >= 11 is 1.69. The van der Waals surface area contributed by atoms with E-state index in [1.165, 1.54) is 17.8 Å². The van der Waals surface area contributed by atoms with Gasteiger partial charge in [0.15, 0.2) is 0 Å². The van der Waals surface area contributed by atoms with Gasteiger partial charge in [-0.25, -0.2) is 4.98 Å². The van der Waals surface area contributed by atoms with Crippen molar-refractivity contribution in [2.75, 3.05) is 7.11 Å². The van der Waals surface area contributed by atoms with Crippen LogP contribution in [0.25, 0.3) is 0 Å². The highest BCUT2D eigenvalue weighted by atomic mass is 32.1. The SMILES string of the molecule is COc1ccc(C(=O)NCc2csc(C3CC3)n2)cc1. The van der Waals surface area contributed by atoms with Crippen LogP contribution >= 0.6 is 11.3 Å². The van der Waals surface area contributed by atoms with Gasteiger partial charge >= 0.3 is 0 Å². The molecule has 0 radical (unpaired) electrons. The molecule has 0 saturated heterocycles. The number of benzene rings is 1. The maximum Gasteiger partial charge on any atom is 0.251 e. The number of nitrogens with one attached hydrogen (secondary N) is 1. The molecule has 1 N–H and O–H groups in total. The largest absolute Gasteiger partial charge is 0.497 e. The average molecular weight is 288 g/mol. The molecule has 0 aliphatic heterocycles. The minimum absolute atomic E-state index is 0.0892. The van der Waals surface area contributed by atoms with E-state index in [0.29, 0.717) is 18.0 Å². The second-order valence-electron chi connectivity index (χ2n) is 4.86. The fourth-order valence-electron chi connectivity index (χ4n) is 1.94. The molecule has 104 valence electrons. The molecule has 1 aromatic carbocycles. The minimum Gasteiger partial charge on any atom is -0.497 e. The summed E-state index contributed by atoms with van der Waals surface area (Å²) in [6.45, 7) is 0.480. The van der Waals surface area contributed by atoms with Crippen LogP contribution in [0.4, 0.5) is 0 Å². The summed E-state index contributed by atoms with van der Waals surface area (Å²) in [6, 6.07) is 7.07. The van der Waals surface area contributed by atoms with Crippen molar-refractivity contribution < 1.29 is 9.53 Å². The fourth-order valence-corrected chi connectivity index (χ4v) is 2.93. The molecular weight excluding hydrogens is 272 g/mol. The van der Waals surface area contributed by atoms with E-state index < -0.39 is 0 Å². The van der Waals surface area contributed by atoms with Crippen LogP contribution in [0.3, 0.4) is 0 Å². The van der Waals surface area contributed by atoms with Gasteiger partial charge in [0.1, 0.15) is 5.75 Å². The fraction of sp³-hybridized carbons (Fsp3) is 0.333. The van der Waals surface area contributed by atoms with Gasteiger partial charge in [0.25, 0.3) is 5.91 Å². The first kappa shape index (κ1) is 13.1. The summed E-state index contributed by atoms with van der Waals surface area (Å²) in [5, 5.41) is 6.13. The van der Waals surface area contributed by atoms with Crippen LogP contribution in [0.15, 0.2) is 29.6 Å². The third-order valence-electron chi connectivity index (χ3n) is 3.28. The third kappa shape index (κ3) is 2.99. The topological polar surface area (TPSA) is 51.2 Å². The molecule has 1 aliphatic rings. The Bertz CT molecular complexity index is 603. The van der Waals surface area contributed by atoms with Gasteiger partial charge in [-0.1, -0.05) is 0 Å². The van der Waals surface area contributed by atoms with Crippen molar-refractivity contribution in [3.05, 3.63) is 45.9 Å². The van der Waals surface area contributed by atoms with E-state index in [9.17, 15) is 4.79 Å². The highest BCUT2D eigenvalue weighted by molar-refractivity contribution is 7.09. The van der Waals surface area contributed by atoms with E-state index in [1.807, 2.05) is 5.38 Å². The Morgan fingerprint density at radius 2 is 2.15 bits per heavy atom. The number of ether oxygens (including phenoxy) is 1. The van der Waals surface area contributed by atoms with Crippen LogP contribution in [0.1, 0.15) is 39.8 Å². The molecular formula is C15H16N2O2S. The summed E-state index contributed by atoms with van der Waals surface area (Å²) in [5.74, 6) is 1.33. The lowest BCUT2D eigenvalue weighted by molar-refractivity contribution is 0.0950. The van der Waals surface area contributed by atoms with Crippen LogP contribution < -0.4 is 10.1 Å². The number of methoxy groups -OCH3 is 1. The van der Waals surface area contributed by atoms with Gasteiger partial charge in [-0.2, -0.15) is 0 Å². The van der Waals surface area contributed by atoms with Gasteiger partial charge in [-0.3, -0.25) is 4.79 Å². The molecule has 4 nitrogen and oxygen atoms in total. The zero-order valence-corrected chi connectivity index (χ0v) is 12.1. The van der Waals surface area contributed by atoms with E-state index in [0.717, 1.165) is 11.4 Å². The highest BCUT2D eigenvalue weighted by Crippen LogP contribution is 2.41. The highest BCUT2D eigenvalue weighted by Gasteiger charge is 2.26. The van der Waals surface area contributed by atoms with Crippen LogP contribution in [-0.4, -0.2) is 18.0 Å².